The van der Waals surface area contributed by atoms with Crippen LogP contribution >= 0.6 is 0 Å². The van der Waals surface area contributed by atoms with Crippen molar-refractivity contribution in [2.24, 2.45) is 5.92 Å². The van der Waals surface area contributed by atoms with Crippen LogP contribution < -0.4 is 11.0 Å². The van der Waals surface area contributed by atoms with Crippen LogP contribution in [-0.4, -0.2) is 12.4 Å². The van der Waals surface area contributed by atoms with Gasteiger partial charge < -0.3 is 4.57 Å². The van der Waals surface area contributed by atoms with Gasteiger partial charge in [0.15, 0.2) is 0 Å². The highest BCUT2D eigenvalue weighted by atomic mass is 16.1. The second-order valence-corrected chi connectivity index (χ2v) is 3.73. The summed E-state index contributed by atoms with van der Waals surface area (Å²) in [7, 11) is 5.59. The summed E-state index contributed by atoms with van der Waals surface area (Å²) in [6.45, 7) is 0.814. The molecular weight excluding hydrogens is 161 g/mol. The van der Waals surface area contributed by atoms with E-state index >= 15 is 0 Å². The third-order valence-corrected chi connectivity index (χ3v) is 2.48. The number of hydrogen-bond acceptors (Lipinski definition) is 1. The molecule has 1 aliphatic rings. The van der Waals surface area contributed by atoms with Crippen LogP contribution in [0.15, 0.2) is 23.1 Å². The third-order valence-electron chi connectivity index (χ3n) is 2.48. The highest BCUT2D eigenvalue weighted by molar-refractivity contribution is 6.32. The van der Waals surface area contributed by atoms with Gasteiger partial charge in [0.05, 0.1) is 0 Å². The molecule has 1 heterocycles. The van der Waals surface area contributed by atoms with Crippen LogP contribution in [0.2, 0.25) is 0 Å². The maximum Gasteiger partial charge on any atom is 0.250 e. The fourth-order valence-corrected chi connectivity index (χ4v) is 1.45. The predicted molar refractivity (Wildman–Crippen MR) is 53.4 cm³/mol. The van der Waals surface area contributed by atoms with Crippen LogP contribution in [0.4, 0.5) is 0 Å². The topological polar surface area (TPSA) is 22.0 Å². The molecule has 1 fully saturated rings. The molecule has 1 aromatic heterocycles. The van der Waals surface area contributed by atoms with Crippen LogP contribution in [0, 0.1) is 5.92 Å². The molecule has 0 spiro atoms. The van der Waals surface area contributed by atoms with Gasteiger partial charge in [0.25, 0.3) is 0 Å². The average Bonchev–Trinajstić information content (AvgIpc) is 2.90. The zero-order valence-corrected chi connectivity index (χ0v) is 7.57. The van der Waals surface area contributed by atoms with Gasteiger partial charge in [-0.05, 0) is 12.3 Å². The van der Waals surface area contributed by atoms with Crippen molar-refractivity contribution in [2.45, 2.75) is 25.8 Å². The predicted octanol–water partition coefficient (Wildman–Crippen LogP) is 0.442. The molecule has 2 rings (SSSR count). The Bertz CT molecular complexity index is 354. The fourth-order valence-electron chi connectivity index (χ4n) is 1.45. The standard InChI is InChI=1S/C10H12BNO/c11-9-3-4-10(13)12(7-9)6-5-8-1-2-8/h3-4,7-8H,1-2,5-6H2. The van der Waals surface area contributed by atoms with Crippen molar-refractivity contribution < 1.29 is 0 Å². The van der Waals surface area contributed by atoms with Gasteiger partial charge in [-0.1, -0.05) is 24.4 Å². The molecule has 2 radical (unpaired) electrons. The summed E-state index contributed by atoms with van der Waals surface area (Å²) >= 11 is 0. The van der Waals surface area contributed by atoms with Gasteiger partial charge in [0, 0.05) is 18.8 Å². The number of nitrogens with zero attached hydrogens (tertiary/aromatic N) is 1. The average molecular weight is 173 g/mol. The normalized spacial score (nSPS) is 16.0. The molecular formula is C10H12BNO. The smallest absolute Gasteiger partial charge is 0.250 e. The summed E-state index contributed by atoms with van der Waals surface area (Å²) in [4.78, 5) is 11.3. The molecule has 3 heteroatoms. The van der Waals surface area contributed by atoms with Crippen LogP contribution in [0.25, 0.3) is 0 Å². The van der Waals surface area contributed by atoms with Crippen molar-refractivity contribution in [3.63, 3.8) is 0 Å². The van der Waals surface area contributed by atoms with E-state index in [4.69, 9.17) is 7.85 Å². The Hall–Kier alpha value is -0.985. The summed E-state index contributed by atoms with van der Waals surface area (Å²) in [5.74, 6) is 0.855. The maximum atomic E-state index is 11.3. The molecule has 1 saturated carbocycles. The van der Waals surface area contributed by atoms with Crippen molar-refractivity contribution in [1.82, 2.24) is 4.57 Å². The van der Waals surface area contributed by atoms with Crippen LogP contribution in [-0.2, 0) is 6.54 Å². The molecule has 13 heavy (non-hydrogen) atoms. The van der Waals surface area contributed by atoms with E-state index in [1.165, 1.54) is 18.9 Å². The van der Waals surface area contributed by atoms with Crippen LogP contribution in [0.5, 0.6) is 0 Å². The van der Waals surface area contributed by atoms with E-state index in [9.17, 15) is 4.79 Å². The van der Waals surface area contributed by atoms with Crippen LogP contribution in [0.3, 0.4) is 0 Å². The van der Waals surface area contributed by atoms with Crippen molar-refractivity contribution in [2.75, 3.05) is 0 Å². The van der Waals surface area contributed by atoms with Crippen molar-refractivity contribution in [3.05, 3.63) is 28.7 Å². The molecule has 0 aliphatic heterocycles. The first-order valence-corrected chi connectivity index (χ1v) is 4.71. The Labute approximate surface area is 79.0 Å². The number of pyridine rings is 1. The first kappa shape index (κ1) is 8.61. The summed E-state index contributed by atoms with van der Waals surface area (Å²) in [5.41, 5.74) is 0.713. The van der Waals surface area contributed by atoms with E-state index in [1.807, 2.05) is 0 Å². The van der Waals surface area contributed by atoms with Crippen molar-refractivity contribution in [1.29, 1.82) is 0 Å². The molecule has 0 saturated heterocycles. The molecule has 2 nitrogen and oxygen atoms in total. The first-order chi connectivity index (χ1) is 6.25. The van der Waals surface area contributed by atoms with E-state index in [2.05, 4.69) is 0 Å². The summed E-state index contributed by atoms with van der Waals surface area (Å²) < 4.78 is 1.70. The first-order valence-electron chi connectivity index (χ1n) is 4.71. The lowest BCUT2D eigenvalue weighted by Gasteiger charge is -2.05. The molecule has 0 atom stereocenters. The van der Waals surface area contributed by atoms with E-state index in [1.54, 1.807) is 16.8 Å². The molecule has 0 unspecified atom stereocenters. The second kappa shape index (κ2) is 3.40. The monoisotopic (exact) mass is 173 g/mol. The van der Waals surface area contributed by atoms with Crippen molar-refractivity contribution >= 4 is 13.3 Å². The molecule has 0 N–H and O–H groups in total. The minimum atomic E-state index is 0.0508. The summed E-state index contributed by atoms with van der Waals surface area (Å²) in [6, 6.07) is 3.18. The number of hydrogen-bond donors (Lipinski definition) is 0. The minimum absolute atomic E-state index is 0.0508. The van der Waals surface area contributed by atoms with Gasteiger partial charge in [0.1, 0.15) is 7.85 Å². The molecule has 66 valence electrons. The third kappa shape index (κ3) is 2.23. The van der Waals surface area contributed by atoms with Crippen molar-refractivity contribution in [3.8, 4) is 0 Å². The Morgan fingerprint density at radius 1 is 1.46 bits per heavy atom. The lowest BCUT2D eigenvalue weighted by atomic mass is 9.99. The Balaban J connectivity index is 2.08. The fraction of sp³-hybridized carbons (Fsp3) is 0.500. The van der Waals surface area contributed by atoms with E-state index in [0.29, 0.717) is 5.46 Å². The van der Waals surface area contributed by atoms with E-state index in [0.717, 1.165) is 18.9 Å². The zero-order valence-electron chi connectivity index (χ0n) is 7.57. The largest absolute Gasteiger partial charge is 0.316 e. The molecule has 0 bridgehead atoms. The van der Waals surface area contributed by atoms with Gasteiger partial charge in [-0.25, -0.2) is 0 Å². The zero-order chi connectivity index (χ0) is 9.26. The van der Waals surface area contributed by atoms with Gasteiger partial charge in [-0.3, -0.25) is 4.79 Å². The Morgan fingerprint density at radius 3 is 2.92 bits per heavy atom. The summed E-state index contributed by atoms with van der Waals surface area (Å²) in [6.07, 6.45) is 5.50. The number of aromatic nitrogens is 1. The van der Waals surface area contributed by atoms with Crippen LogP contribution in [0.1, 0.15) is 19.3 Å². The van der Waals surface area contributed by atoms with Gasteiger partial charge in [0.2, 0.25) is 5.56 Å². The molecule has 0 amide bonds. The van der Waals surface area contributed by atoms with E-state index < -0.39 is 0 Å². The second-order valence-electron chi connectivity index (χ2n) is 3.73. The molecule has 0 aromatic carbocycles. The highest BCUT2D eigenvalue weighted by Gasteiger charge is 2.20. The Kier molecular flexibility index (Phi) is 2.25. The number of aryl methyl sites for hydroxylation is 1. The SMILES string of the molecule is [B]c1ccc(=O)n(CCC2CC2)c1. The summed E-state index contributed by atoms with van der Waals surface area (Å²) in [5, 5.41) is 0. The van der Waals surface area contributed by atoms with Gasteiger partial charge in [-0.15, -0.1) is 0 Å². The quantitative estimate of drug-likeness (QED) is 0.608. The lowest BCUT2D eigenvalue weighted by molar-refractivity contribution is 0.583. The molecule has 1 aromatic rings. The van der Waals surface area contributed by atoms with Gasteiger partial charge in [-0.2, -0.15) is 0 Å². The number of rotatable bonds is 3. The molecule has 1 aliphatic carbocycles. The maximum absolute atomic E-state index is 11.3. The minimum Gasteiger partial charge on any atom is -0.316 e. The van der Waals surface area contributed by atoms with E-state index in [-0.39, 0.29) is 5.56 Å². The highest BCUT2D eigenvalue weighted by Crippen LogP contribution is 2.32. The Morgan fingerprint density at radius 2 is 2.23 bits per heavy atom. The van der Waals surface area contributed by atoms with Gasteiger partial charge >= 0.3 is 0 Å². The lowest BCUT2D eigenvalue weighted by Crippen LogP contribution is -2.23.